The molecule has 1 aromatic heterocycles. The van der Waals surface area contributed by atoms with Gasteiger partial charge in [-0.3, -0.25) is 9.59 Å². The number of halogens is 1. The molecule has 0 radical (unpaired) electrons. The van der Waals surface area contributed by atoms with E-state index in [4.69, 9.17) is 16.7 Å². The third-order valence-electron chi connectivity index (χ3n) is 5.47. The van der Waals surface area contributed by atoms with Gasteiger partial charge in [0.05, 0.1) is 11.3 Å². The highest BCUT2D eigenvalue weighted by Crippen LogP contribution is 2.20. The highest BCUT2D eigenvalue weighted by molar-refractivity contribution is 6.30. The summed E-state index contributed by atoms with van der Waals surface area (Å²) in [5.41, 5.74) is 1.79. The van der Waals surface area contributed by atoms with Crippen molar-refractivity contribution in [3.63, 3.8) is 0 Å². The Bertz CT molecular complexity index is 1240. The molecule has 1 saturated heterocycles. The van der Waals surface area contributed by atoms with Crippen LogP contribution < -0.4 is 16.0 Å². The van der Waals surface area contributed by atoms with E-state index in [-0.39, 0.29) is 17.4 Å². The van der Waals surface area contributed by atoms with E-state index in [0.717, 1.165) is 13.1 Å². The van der Waals surface area contributed by atoms with E-state index < -0.39 is 17.9 Å². The van der Waals surface area contributed by atoms with Gasteiger partial charge in [0.2, 0.25) is 11.8 Å². The predicted molar refractivity (Wildman–Crippen MR) is 128 cm³/mol. The van der Waals surface area contributed by atoms with Crippen molar-refractivity contribution in [2.24, 2.45) is 5.92 Å². The van der Waals surface area contributed by atoms with Gasteiger partial charge in [-0.25, -0.2) is 4.79 Å². The van der Waals surface area contributed by atoms with Crippen LogP contribution in [0, 0.1) is 5.92 Å². The van der Waals surface area contributed by atoms with Crippen LogP contribution in [0.1, 0.15) is 22.3 Å². The van der Waals surface area contributed by atoms with Crippen molar-refractivity contribution < 1.29 is 19.5 Å². The SMILES string of the molecule is O=C(/C=C/c1cc(Cl)ccc1-n1cnnn1)NC(CC1CNC1)C(=O)Nc1ccc(C(=O)O)cc1. The van der Waals surface area contributed by atoms with Crippen LogP contribution in [0.15, 0.2) is 54.9 Å². The quantitative estimate of drug-likeness (QED) is 0.328. The summed E-state index contributed by atoms with van der Waals surface area (Å²) in [7, 11) is 0. The molecule has 2 amide bonds. The van der Waals surface area contributed by atoms with Crippen molar-refractivity contribution >= 4 is 41.1 Å². The van der Waals surface area contributed by atoms with Gasteiger partial charge in [0.15, 0.2) is 0 Å². The van der Waals surface area contributed by atoms with E-state index in [1.807, 2.05) is 0 Å². The zero-order valence-electron chi connectivity index (χ0n) is 18.4. The normalized spacial score (nSPS) is 14.3. The smallest absolute Gasteiger partial charge is 0.335 e. The topological polar surface area (TPSA) is 151 Å². The minimum atomic E-state index is -1.06. The van der Waals surface area contributed by atoms with Crippen molar-refractivity contribution in [1.82, 2.24) is 30.8 Å². The van der Waals surface area contributed by atoms with Crippen LogP contribution in [0.2, 0.25) is 5.02 Å². The van der Waals surface area contributed by atoms with E-state index >= 15 is 0 Å². The number of benzene rings is 2. The molecule has 1 atom stereocenters. The van der Waals surface area contributed by atoms with Crippen LogP contribution in [-0.2, 0) is 9.59 Å². The molecule has 4 N–H and O–H groups in total. The average Bonchev–Trinajstić information content (AvgIpc) is 3.34. The van der Waals surface area contributed by atoms with Crippen molar-refractivity contribution in [3.05, 3.63) is 71.0 Å². The van der Waals surface area contributed by atoms with Gasteiger partial charge in [0, 0.05) is 22.3 Å². The van der Waals surface area contributed by atoms with Gasteiger partial charge in [-0.2, -0.15) is 4.68 Å². The molecule has 1 aliphatic rings. The molecule has 0 aliphatic carbocycles. The highest BCUT2D eigenvalue weighted by Gasteiger charge is 2.27. The summed E-state index contributed by atoms with van der Waals surface area (Å²) >= 11 is 6.12. The molecule has 2 aromatic carbocycles. The summed E-state index contributed by atoms with van der Waals surface area (Å²) < 4.78 is 1.45. The van der Waals surface area contributed by atoms with Crippen LogP contribution in [0.25, 0.3) is 11.8 Å². The molecule has 12 heteroatoms. The summed E-state index contributed by atoms with van der Waals surface area (Å²) in [6.07, 6.45) is 4.78. The van der Waals surface area contributed by atoms with Crippen molar-refractivity contribution in [2.45, 2.75) is 12.5 Å². The second-order valence-electron chi connectivity index (χ2n) is 7.98. The van der Waals surface area contributed by atoms with Gasteiger partial charge < -0.3 is 21.1 Å². The Morgan fingerprint density at radius 2 is 1.97 bits per heavy atom. The third-order valence-corrected chi connectivity index (χ3v) is 5.70. The molecule has 2 heterocycles. The van der Waals surface area contributed by atoms with Gasteiger partial charge in [-0.15, -0.1) is 5.10 Å². The van der Waals surface area contributed by atoms with Crippen LogP contribution >= 0.6 is 11.6 Å². The lowest BCUT2D eigenvalue weighted by Gasteiger charge is -2.30. The number of amides is 2. The van der Waals surface area contributed by atoms with E-state index in [1.54, 1.807) is 24.3 Å². The van der Waals surface area contributed by atoms with Gasteiger partial charge >= 0.3 is 5.97 Å². The second kappa shape index (κ2) is 10.9. The van der Waals surface area contributed by atoms with Crippen LogP contribution in [0.3, 0.4) is 0 Å². The van der Waals surface area contributed by atoms with E-state index in [9.17, 15) is 14.4 Å². The Hall–Kier alpha value is -4.09. The summed E-state index contributed by atoms with van der Waals surface area (Å²) in [4.78, 5) is 36.7. The number of carbonyl (C=O) groups excluding carboxylic acids is 2. The number of carbonyl (C=O) groups is 3. The van der Waals surface area contributed by atoms with Crippen LogP contribution in [0.5, 0.6) is 0 Å². The monoisotopic (exact) mass is 495 g/mol. The second-order valence-corrected chi connectivity index (χ2v) is 8.42. The van der Waals surface area contributed by atoms with Crippen molar-refractivity contribution in [2.75, 3.05) is 18.4 Å². The van der Waals surface area contributed by atoms with E-state index in [1.165, 1.54) is 41.4 Å². The predicted octanol–water partition coefficient (Wildman–Crippen LogP) is 1.76. The molecular formula is C23H22ClN7O4. The lowest BCUT2D eigenvalue weighted by Crippen LogP contribution is -2.50. The molecule has 0 spiro atoms. The number of aromatic nitrogens is 4. The fraction of sp³-hybridized carbons (Fsp3) is 0.217. The van der Waals surface area contributed by atoms with Gasteiger partial charge in [-0.05, 0) is 84.4 Å². The summed E-state index contributed by atoms with van der Waals surface area (Å²) in [5.74, 6) is -1.65. The first-order valence-corrected chi connectivity index (χ1v) is 11.1. The minimum Gasteiger partial charge on any atom is -0.478 e. The Morgan fingerprint density at radius 3 is 2.60 bits per heavy atom. The van der Waals surface area contributed by atoms with Gasteiger partial charge in [0.1, 0.15) is 12.4 Å². The summed E-state index contributed by atoms with van der Waals surface area (Å²) in [5, 5.41) is 29.3. The molecular weight excluding hydrogens is 474 g/mol. The Balaban J connectivity index is 1.46. The third kappa shape index (κ3) is 6.28. The largest absolute Gasteiger partial charge is 0.478 e. The van der Waals surface area contributed by atoms with Crippen LogP contribution in [-0.4, -0.2) is 62.2 Å². The number of nitrogens with one attached hydrogen (secondary N) is 3. The van der Waals surface area contributed by atoms with Crippen molar-refractivity contribution in [1.29, 1.82) is 0 Å². The molecule has 1 unspecified atom stereocenters. The maximum atomic E-state index is 12.9. The standard InChI is InChI=1S/C23H22ClN7O4/c24-17-4-7-20(31-13-26-29-30-31)16(10-17)3-8-21(32)28-19(9-14-11-25-12-14)22(33)27-18-5-1-15(2-6-18)23(34)35/h1-8,10,13-14,19,25H,9,11-12H2,(H,27,33)(H,28,32)(H,34,35)/b8-3+. The Kier molecular flexibility index (Phi) is 7.48. The fourth-order valence-corrected chi connectivity index (χ4v) is 3.71. The van der Waals surface area contributed by atoms with Crippen LogP contribution in [0.4, 0.5) is 5.69 Å². The molecule has 0 bridgehead atoms. The number of aromatic carboxylic acids is 1. The maximum Gasteiger partial charge on any atom is 0.335 e. The lowest BCUT2D eigenvalue weighted by atomic mass is 9.94. The average molecular weight is 496 g/mol. The molecule has 1 aliphatic heterocycles. The lowest BCUT2D eigenvalue weighted by molar-refractivity contribution is -0.124. The maximum absolute atomic E-state index is 12.9. The number of carboxylic acid groups (broad SMARTS) is 1. The number of hydrogen-bond acceptors (Lipinski definition) is 7. The number of hydrogen-bond donors (Lipinski definition) is 4. The van der Waals surface area contributed by atoms with Crippen molar-refractivity contribution in [3.8, 4) is 5.69 Å². The zero-order chi connectivity index (χ0) is 24.8. The first-order valence-electron chi connectivity index (χ1n) is 10.8. The number of rotatable bonds is 9. The summed E-state index contributed by atoms with van der Waals surface area (Å²) in [6.45, 7) is 1.53. The molecule has 4 rings (SSSR count). The molecule has 35 heavy (non-hydrogen) atoms. The van der Waals surface area contributed by atoms with Gasteiger partial charge in [-0.1, -0.05) is 11.6 Å². The Morgan fingerprint density at radius 1 is 1.20 bits per heavy atom. The number of carboxylic acids is 1. The fourth-order valence-electron chi connectivity index (χ4n) is 3.53. The molecule has 3 aromatic rings. The molecule has 180 valence electrons. The van der Waals surface area contributed by atoms with Gasteiger partial charge in [0.25, 0.3) is 0 Å². The number of tetrazole rings is 1. The number of nitrogens with zero attached hydrogens (tertiary/aromatic N) is 4. The first-order chi connectivity index (χ1) is 16.9. The number of anilines is 1. The first kappa shape index (κ1) is 24.0. The molecule has 1 fully saturated rings. The Labute approximate surface area is 205 Å². The summed E-state index contributed by atoms with van der Waals surface area (Å²) in [6, 6.07) is 10.1. The highest BCUT2D eigenvalue weighted by atomic mass is 35.5. The molecule has 11 nitrogen and oxygen atoms in total. The molecule has 0 saturated carbocycles. The zero-order valence-corrected chi connectivity index (χ0v) is 19.1. The minimum absolute atomic E-state index is 0.112. The van der Waals surface area contributed by atoms with E-state index in [0.29, 0.717) is 28.4 Å². The van der Waals surface area contributed by atoms with E-state index in [2.05, 4.69) is 31.5 Å².